The fourth-order valence-electron chi connectivity index (χ4n) is 2.04. The summed E-state index contributed by atoms with van der Waals surface area (Å²) in [5, 5.41) is 13.5. The number of hydrogen-bond donors (Lipinski definition) is 1. The lowest BCUT2D eigenvalue weighted by Crippen LogP contribution is -2.15. The first-order valence-electron chi connectivity index (χ1n) is 7.20. The number of ether oxygens (including phenoxy) is 1. The molecule has 1 amide bonds. The molecule has 0 fully saturated rings. The molecule has 0 saturated heterocycles. The van der Waals surface area contributed by atoms with Crippen molar-refractivity contribution >= 4 is 29.0 Å². The van der Waals surface area contributed by atoms with Gasteiger partial charge in [0.15, 0.2) is 12.4 Å². The fourth-order valence-corrected chi connectivity index (χ4v) is 2.04. The van der Waals surface area contributed by atoms with Crippen LogP contribution >= 0.6 is 0 Å². The fraction of sp³-hybridized carbons (Fsp3) is 0.118. The molecule has 2 rings (SSSR count). The summed E-state index contributed by atoms with van der Waals surface area (Å²) in [6.45, 7) is 0.811. The highest BCUT2D eigenvalue weighted by atomic mass is 16.6. The first-order valence-corrected chi connectivity index (χ1v) is 7.20. The first kappa shape index (κ1) is 17.8. The molecule has 2 aromatic carbocycles. The predicted molar refractivity (Wildman–Crippen MR) is 88.5 cm³/mol. The van der Waals surface area contributed by atoms with Crippen LogP contribution in [0.1, 0.15) is 27.6 Å². The SMILES string of the molecule is CC(=O)Nc1ccc(C(=O)COC(=O)c2ccccc2[N+](=O)[O-])cc1. The summed E-state index contributed by atoms with van der Waals surface area (Å²) in [5.41, 5.74) is 0.200. The summed E-state index contributed by atoms with van der Waals surface area (Å²) in [6.07, 6.45) is 0. The van der Waals surface area contributed by atoms with Gasteiger partial charge >= 0.3 is 5.97 Å². The molecule has 0 aliphatic rings. The Labute approximate surface area is 142 Å². The summed E-state index contributed by atoms with van der Waals surface area (Å²) >= 11 is 0. The Balaban J connectivity index is 2.01. The van der Waals surface area contributed by atoms with E-state index in [4.69, 9.17) is 4.74 Å². The highest BCUT2D eigenvalue weighted by molar-refractivity contribution is 6.00. The third kappa shape index (κ3) is 4.71. The third-order valence-corrected chi connectivity index (χ3v) is 3.18. The van der Waals surface area contributed by atoms with Crippen LogP contribution in [0.3, 0.4) is 0 Å². The molecule has 8 heteroatoms. The maximum Gasteiger partial charge on any atom is 0.345 e. The number of hydrogen-bond acceptors (Lipinski definition) is 6. The molecular formula is C17H14N2O6. The van der Waals surface area contributed by atoms with Crippen molar-refractivity contribution in [3.63, 3.8) is 0 Å². The van der Waals surface area contributed by atoms with Gasteiger partial charge in [-0.25, -0.2) is 4.79 Å². The number of carbonyl (C=O) groups is 3. The average molecular weight is 342 g/mol. The van der Waals surface area contributed by atoms with Crippen LogP contribution < -0.4 is 5.32 Å². The maximum atomic E-state index is 12.0. The van der Waals surface area contributed by atoms with E-state index in [9.17, 15) is 24.5 Å². The zero-order chi connectivity index (χ0) is 18.4. The Morgan fingerprint density at radius 1 is 1.08 bits per heavy atom. The minimum absolute atomic E-state index is 0.221. The van der Waals surface area contributed by atoms with Crippen LogP contribution in [0.15, 0.2) is 48.5 Å². The van der Waals surface area contributed by atoms with Crippen molar-refractivity contribution in [1.29, 1.82) is 0 Å². The number of Topliss-reactive ketones (excluding diaryl/α,β-unsaturated/α-hetero) is 1. The van der Waals surface area contributed by atoms with Gasteiger partial charge in [0, 0.05) is 24.2 Å². The summed E-state index contributed by atoms with van der Waals surface area (Å²) < 4.78 is 4.87. The third-order valence-electron chi connectivity index (χ3n) is 3.18. The van der Waals surface area contributed by atoms with Gasteiger partial charge < -0.3 is 10.1 Å². The predicted octanol–water partition coefficient (Wildman–Crippen LogP) is 2.59. The zero-order valence-corrected chi connectivity index (χ0v) is 13.2. The van der Waals surface area contributed by atoms with E-state index >= 15 is 0 Å². The summed E-state index contributed by atoms with van der Waals surface area (Å²) in [5.74, 6) is -1.66. The molecule has 0 aliphatic carbocycles. The summed E-state index contributed by atoms with van der Waals surface area (Å²) in [6, 6.07) is 11.4. The molecule has 2 aromatic rings. The molecule has 8 nitrogen and oxygen atoms in total. The number of nitro groups is 1. The largest absolute Gasteiger partial charge is 0.454 e. The average Bonchev–Trinajstić information content (AvgIpc) is 2.59. The number of benzene rings is 2. The second-order valence-corrected chi connectivity index (χ2v) is 5.03. The van der Waals surface area contributed by atoms with Crippen molar-refractivity contribution in [2.24, 2.45) is 0 Å². The smallest absolute Gasteiger partial charge is 0.345 e. The van der Waals surface area contributed by atoms with E-state index in [-0.39, 0.29) is 22.7 Å². The Bertz CT molecular complexity index is 829. The normalized spacial score (nSPS) is 9.96. The van der Waals surface area contributed by atoms with Crippen LogP contribution in [0.2, 0.25) is 0 Å². The van der Waals surface area contributed by atoms with Crippen LogP contribution in [-0.4, -0.2) is 29.2 Å². The van der Waals surface area contributed by atoms with Crippen molar-refractivity contribution in [1.82, 2.24) is 0 Å². The van der Waals surface area contributed by atoms with E-state index in [0.717, 1.165) is 0 Å². The van der Waals surface area contributed by atoms with Gasteiger partial charge in [0.1, 0.15) is 5.56 Å². The standard InChI is InChI=1S/C17H14N2O6/c1-11(20)18-13-8-6-12(7-9-13)16(21)10-25-17(22)14-4-2-3-5-15(14)19(23)24/h2-9H,10H2,1H3,(H,18,20). The van der Waals surface area contributed by atoms with Crippen LogP contribution in [0, 0.1) is 10.1 Å². The lowest BCUT2D eigenvalue weighted by molar-refractivity contribution is -0.385. The monoisotopic (exact) mass is 342 g/mol. The first-order chi connectivity index (χ1) is 11.9. The van der Waals surface area contributed by atoms with Crippen LogP contribution in [0.25, 0.3) is 0 Å². The molecule has 0 spiro atoms. The number of amides is 1. The van der Waals surface area contributed by atoms with Gasteiger partial charge in [0.25, 0.3) is 5.69 Å². The number of carbonyl (C=O) groups excluding carboxylic acids is 3. The van der Waals surface area contributed by atoms with Crippen molar-refractivity contribution in [3.05, 3.63) is 69.8 Å². The molecule has 0 bridgehead atoms. The van der Waals surface area contributed by atoms with E-state index in [2.05, 4.69) is 5.32 Å². The van der Waals surface area contributed by atoms with Gasteiger partial charge in [-0.2, -0.15) is 0 Å². The molecular weight excluding hydrogens is 328 g/mol. The molecule has 0 unspecified atom stereocenters. The van der Waals surface area contributed by atoms with E-state index in [1.807, 2.05) is 0 Å². The molecule has 1 N–H and O–H groups in total. The van der Waals surface area contributed by atoms with E-state index in [1.165, 1.54) is 43.3 Å². The minimum atomic E-state index is -0.949. The Morgan fingerprint density at radius 2 is 1.72 bits per heavy atom. The number of anilines is 1. The molecule has 0 saturated carbocycles. The molecule has 25 heavy (non-hydrogen) atoms. The number of rotatable bonds is 6. The quantitative estimate of drug-likeness (QED) is 0.373. The number of nitrogens with zero attached hydrogens (tertiary/aromatic N) is 1. The Kier molecular flexibility index (Phi) is 5.57. The number of para-hydroxylation sites is 1. The number of ketones is 1. The molecule has 0 atom stereocenters. The van der Waals surface area contributed by atoms with Gasteiger partial charge in [-0.3, -0.25) is 19.7 Å². The lowest BCUT2D eigenvalue weighted by atomic mass is 10.1. The summed E-state index contributed by atoms with van der Waals surface area (Å²) in [7, 11) is 0. The highest BCUT2D eigenvalue weighted by Gasteiger charge is 2.21. The molecule has 0 radical (unpaired) electrons. The van der Waals surface area contributed by atoms with Gasteiger partial charge in [-0.05, 0) is 30.3 Å². The Morgan fingerprint density at radius 3 is 2.32 bits per heavy atom. The second kappa shape index (κ2) is 7.82. The van der Waals surface area contributed by atoms with E-state index in [1.54, 1.807) is 12.1 Å². The maximum absolute atomic E-state index is 12.0. The molecule has 0 aliphatic heterocycles. The van der Waals surface area contributed by atoms with Gasteiger partial charge in [0.2, 0.25) is 5.91 Å². The van der Waals surface area contributed by atoms with Crippen LogP contribution in [-0.2, 0) is 9.53 Å². The number of nitro benzene ring substituents is 1. The van der Waals surface area contributed by atoms with Gasteiger partial charge in [-0.1, -0.05) is 12.1 Å². The van der Waals surface area contributed by atoms with Crippen molar-refractivity contribution in [2.75, 3.05) is 11.9 Å². The highest BCUT2D eigenvalue weighted by Crippen LogP contribution is 2.18. The number of esters is 1. The van der Waals surface area contributed by atoms with Crippen molar-refractivity contribution in [3.8, 4) is 0 Å². The van der Waals surface area contributed by atoms with Crippen LogP contribution in [0.5, 0.6) is 0 Å². The lowest BCUT2D eigenvalue weighted by Gasteiger charge is -2.06. The van der Waals surface area contributed by atoms with Gasteiger partial charge in [0.05, 0.1) is 4.92 Å². The molecule has 0 aromatic heterocycles. The minimum Gasteiger partial charge on any atom is -0.454 e. The zero-order valence-electron chi connectivity index (χ0n) is 13.2. The van der Waals surface area contributed by atoms with Crippen molar-refractivity contribution < 1.29 is 24.0 Å². The van der Waals surface area contributed by atoms with E-state index < -0.39 is 23.3 Å². The van der Waals surface area contributed by atoms with Gasteiger partial charge in [-0.15, -0.1) is 0 Å². The number of nitrogens with one attached hydrogen (secondary N) is 1. The van der Waals surface area contributed by atoms with E-state index in [0.29, 0.717) is 5.69 Å². The Hall–Kier alpha value is -3.55. The topological polar surface area (TPSA) is 116 Å². The van der Waals surface area contributed by atoms with Crippen molar-refractivity contribution in [2.45, 2.75) is 6.92 Å². The molecule has 0 heterocycles. The second-order valence-electron chi connectivity index (χ2n) is 5.03. The van der Waals surface area contributed by atoms with Crippen LogP contribution in [0.4, 0.5) is 11.4 Å². The molecule has 128 valence electrons. The summed E-state index contributed by atoms with van der Waals surface area (Å²) in [4.78, 5) is 45.1.